The predicted molar refractivity (Wildman–Crippen MR) is 251 cm³/mol. The van der Waals surface area contributed by atoms with Gasteiger partial charge in [-0.2, -0.15) is 0 Å². The van der Waals surface area contributed by atoms with Gasteiger partial charge in [0.1, 0.15) is 0 Å². The Morgan fingerprint density at radius 1 is 0.224 bits per heavy atom. The molecule has 11 aromatic rings. The molecule has 11 rings (SSSR count). The molecule has 0 N–H and O–H groups in total. The summed E-state index contributed by atoms with van der Waals surface area (Å²) in [5.74, 6) is 0. The van der Waals surface area contributed by atoms with Gasteiger partial charge in [-0.05, 0) is 122 Å². The van der Waals surface area contributed by atoms with E-state index in [1.165, 1.54) is 109 Å². The summed E-state index contributed by atoms with van der Waals surface area (Å²) in [7, 11) is 0. The second kappa shape index (κ2) is 14.2. The normalized spacial score (nSPS) is 11.7. The van der Waals surface area contributed by atoms with Crippen LogP contribution >= 0.6 is 0 Å². The van der Waals surface area contributed by atoms with E-state index in [0.717, 1.165) is 0 Å². The van der Waals surface area contributed by atoms with Crippen LogP contribution < -0.4 is 0 Å². The summed E-state index contributed by atoms with van der Waals surface area (Å²) in [6, 6.07) is 80.1. The maximum Gasteiger partial charge on any atom is -0.00199 e. The van der Waals surface area contributed by atoms with Crippen LogP contribution in [0.4, 0.5) is 0 Å². The summed E-state index contributed by atoms with van der Waals surface area (Å²) in [6.45, 7) is 0. The lowest BCUT2D eigenvalue weighted by molar-refractivity contribution is 1.61. The molecule has 0 saturated carbocycles. The van der Waals surface area contributed by atoms with Crippen molar-refractivity contribution in [3.05, 3.63) is 230 Å². The van der Waals surface area contributed by atoms with Crippen molar-refractivity contribution in [3.63, 3.8) is 0 Å². The molecule has 0 saturated heterocycles. The Kier molecular flexibility index (Phi) is 8.26. The van der Waals surface area contributed by atoms with E-state index in [-0.39, 0.29) is 0 Å². The molecule has 0 aromatic heterocycles. The fourth-order valence-electron chi connectivity index (χ4n) is 9.18. The van der Waals surface area contributed by atoms with Gasteiger partial charge in [-0.15, -0.1) is 0 Å². The van der Waals surface area contributed by atoms with Crippen molar-refractivity contribution in [3.8, 4) is 44.5 Å². The number of rotatable bonds is 6. The second-order valence-electron chi connectivity index (χ2n) is 15.2. The molecule has 0 bridgehead atoms. The Balaban J connectivity index is 1.16. The lowest BCUT2D eigenvalue weighted by Gasteiger charge is -2.21. The summed E-state index contributed by atoms with van der Waals surface area (Å²) in [5, 5.41) is 12.5. The Morgan fingerprint density at radius 2 is 0.655 bits per heavy atom. The van der Waals surface area contributed by atoms with Crippen molar-refractivity contribution in [2.45, 2.75) is 0 Å². The number of benzene rings is 11. The second-order valence-corrected chi connectivity index (χ2v) is 15.2. The SMILES string of the molecule is C(=Cc1cccc(-c2ccc(-c3ccc4c(-c5cccc6ccccc56)c5ccccc5c(-c5cccc6ccccc56)c4c3)c3ccccc23)c1)c1ccccc1. The van der Waals surface area contributed by atoms with Crippen molar-refractivity contribution < 1.29 is 0 Å². The lowest BCUT2D eigenvalue weighted by atomic mass is 9.82. The highest BCUT2D eigenvalue weighted by Crippen LogP contribution is 2.48. The predicted octanol–water partition coefficient (Wildman–Crippen LogP) is 16.3. The van der Waals surface area contributed by atoms with Gasteiger partial charge in [-0.3, -0.25) is 0 Å². The fraction of sp³-hybridized carbons (Fsp3) is 0. The molecule has 0 radical (unpaired) electrons. The van der Waals surface area contributed by atoms with Crippen LogP contribution in [0.1, 0.15) is 11.1 Å². The van der Waals surface area contributed by atoms with Gasteiger partial charge >= 0.3 is 0 Å². The van der Waals surface area contributed by atoms with Gasteiger partial charge < -0.3 is 0 Å². The third-order valence-corrected chi connectivity index (χ3v) is 11.8. The topological polar surface area (TPSA) is 0 Å². The van der Waals surface area contributed by atoms with E-state index < -0.39 is 0 Å². The van der Waals surface area contributed by atoms with Crippen LogP contribution in [0.3, 0.4) is 0 Å². The molecule has 0 aliphatic rings. The molecule has 0 unspecified atom stereocenters. The van der Waals surface area contributed by atoms with Crippen LogP contribution in [0.5, 0.6) is 0 Å². The van der Waals surface area contributed by atoms with Crippen LogP contribution in [0.2, 0.25) is 0 Å². The maximum atomic E-state index is 2.46. The van der Waals surface area contributed by atoms with E-state index in [9.17, 15) is 0 Å². The van der Waals surface area contributed by atoms with Gasteiger partial charge in [0, 0.05) is 0 Å². The zero-order valence-electron chi connectivity index (χ0n) is 31.9. The minimum absolute atomic E-state index is 1.18. The largest absolute Gasteiger partial charge is 0.0622 e. The van der Waals surface area contributed by atoms with E-state index in [1.807, 2.05) is 0 Å². The Labute approximate surface area is 338 Å². The Morgan fingerprint density at radius 3 is 1.28 bits per heavy atom. The summed E-state index contributed by atoms with van der Waals surface area (Å²) < 4.78 is 0. The summed E-state index contributed by atoms with van der Waals surface area (Å²) >= 11 is 0. The van der Waals surface area contributed by atoms with Gasteiger partial charge in [0.05, 0.1) is 0 Å². The third-order valence-electron chi connectivity index (χ3n) is 11.8. The van der Waals surface area contributed by atoms with Gasteiger partial charge in [0.15, 0.2) is 0 Å². The summed E-state index contributed by atoms with van der Waals surface area (Å²) in [5.41, 5.74) is 12.3. The molecule has 0 heteroatoms. The van der Waals surface area contributed by atoms with Crippen LogP contribution in [0, 0.1) is 0 Å². The molecule has 270 valence electrons. The quantitative estimate of drug-likeness (QED) is 0.118. The zero-order valence-corrected chi connectivity index (χ0v) is 31.9. The average molecular weight is 735 g/mol. The molecule has 58 heavy (non-hydrogen) atoms. The summed E-state index contributed by atoms with van der Waals surface area (Å²) in [4.78, 5) is 0. The van der Waals surface area contributed by atoms with Crippen molar-refractivity contribution in [1.29, 1.82) is 0 Å². The third kappa shape index (κ3) is 5.78. The zero-order chi connectivity index (χ0) is 38.4. The highest BCUT2D eigenvalue weighted by atomic mass is 14.2. The van der Waals surface area contributed by atoms with Gasteiger partial charge in [0.25, 0.3) is 0 Å². The molecule has 0 atom stereocenters. The van der Waals surface area contributed by atoms with Crippen molar-refractivity contribution in [2.75, 3.05) is 0 Å². The van der Waals surface area contributed by atoms with E-state index in [4.69, 9.17) is 0 Å². The van der Waals surface area contributed by atoms with Gasteiger partial charge in [-0.1, -0.05) is 218 Å². The smallest absolute Gasteiger partial charge is 0.00199 e. The molecule has 0 aliphatic heterocycles. The maximum absolute atomic E-state index is 2.46. The first-order chi connectivity index (χ1) is 28.8. The molecule has 0 fully saturated rings. The van der Waals surface area contributed by atoms with Crippen molar-refractivity contribution in [2.24, 2.45) is 0 Å². The van der Waals surface area contributed by atoms with E-state index in [0.29, 0.717) is 0 Å². The number of hydrogen-bond acceptors (Lipinski definition) is 0. The van der Waals surface area contributed by atoms with Gasteiger partial charge in [-0.25, -0.2) is 0 Å². The molecule has 11 aromatic carbocycles. The summed E-state index contributed by atoms with van der Waals surface area (Å²) in [6.07, 6.45) is 4.38. The standard InChI is InChI=1S/C58H38/c1-2-15-39(16-3-1)31-32-40-17-12-22-43(37-40)47-35-36-48(50-26-9-8-25-49(47)50)44-33-34-55-56(38-44)58(52-30-14-21-42-19-5-7-24-46(42)52)54-28-11-10-27-53(54)57(55)51-29-13-20-41-18-4-6-23-45(41)51/h1-38H. The van der Waals surface area contributed by atoms with Crippen LogP contribution in [0.25, 0.3) is 111 Å². The average Bonchev–Trinajstić information content (AvgIpc) is 3.30. The monoisotopic (exact) mass is 734 g/mol. The first-order valence-electron chi connectivity index (χ1n) is 20.1. The molecular formula is C58H38. The molecule has 0 nitrogen and oxygen atoms in total. The molecule has 0 spiro atoms. The van der Waals surface area contributed by atoms with Crippen LogP contribution in [-0.4, -0.2) is 0 Å². The van der Waals surface area contributed by atoms with Crippen molar-refractivity contribution >= 4 is 66.0 Å². The first-order valence-corrected chi connectivity index (χ1v) is 20.1. The van der Waals surface area contributed by atoms with E-state index in [1.54, 1.807) is 0 Å². The Bertz CT molecular complexity index is 3370. The molecule has 0 aliphatic carbocycles. The minimum atomic E-state index is 1.18. The van der Waals surface area contributed by atoms with Crippen LogP contribution in [0.15, 0.2) is 218 Å². The minimum Gasteiger partial charge on any atom is -0.0622 e. The van der Waals surface area contributed by atoms with Gasteiger partial charge in [0.2, 0.25) is 0 Å². The van der Waals surface area contributed by atoms with E-state index in [2.05, 4.69) is 231 Å². The van der Waals surface area contributed by atoms with Crippen molar-refractivity contribution in [1.82, 2.24) is 0 Å². The molecule has 0 amide bonds. The first kappa shape index (κ1) is 33.8. The lowest BCUT2D eigenvalue weighted by Crippen LogP contribution is -1.93. The molecule has 0 heterocycles. The Hall–Kier alpha value is -7.54. The molecular weight excluding hydrogens is 697 g/mol. The van der Waals surface area contributed by atoms with E-state index >= 15 is 0 Å². The highest BCUT2D eigenvalue weighted by molar-refractivity contribution is 6.26. The highest BCUT2D eigenvalue weighted by Gasteiger charge is 2.20. The fourth-order valence-corrected chi connectivity index (χ4v) is 9.18. The number of fused-ring (bicyclic) bond motifs is 5. The van der Waals surface area contributed by atoms with Crippen LogP contribution in [-0.2, 0) is 0 Å². The number of hydrogen-bond donors (Lipinski definition) is 0.